The van der Waals surface area contributed by atoms with Gasteiger partial charge in [-0.05, 0) is 42.4 Å². The van der Waals surface area contributed by atoms with Crippen molar-refractivity contribution in [1.29, 1.82) is 5.26 Å². The highest BCUT2D eigenvalue weighted by Crippen LogP contribution is 2.14. The van der Waals surface area contributed by atoms with E-state index in [1.54, 1.807) is 12.1 Å². The summed E-state index contributed by atoms with van der Waals surface area (Å²) in [6.45, 7) is 1.31. The van der Waals surface area contributed by atoms with E-state index in [0.29, 0.717) is 18.7 Å². The van der Waals surface area contributed by atoms with Crippen LogP contribution in [0.3, 0.4) is 0 Å². The molecule has 2 N–H and O–H groups in total. The molecule has 0 spiro atoms. The molecule has 4 heteroatoms. The second-order valence-electron chi connectivity index (χ2n) is 4.84. The third-order valence-electron chi connectivity index (χ3n) is 3.03. The van der Waals surface area contributed by atoms with Crippen molar-refractivity contribution < 1.29 is 4.39 Å². The minimum Gasteiger partial charge on any atom is -0.396 e. The summed E-state index contributed by atoms with van der Waals surface area (Å²) in [4.78, 5) is 2.06. The topological polar surface area (TPSA) is 53.0 Å². The lowest BCUT2D eigenvalue weighted by molar-refractivity contribution is 0.318. The minimum absolute atomic E-state index is 0.165. The maximum atomic E-state index is 13.4. The molecule has 20 heavy (non-hydrogen) atoms. The lowest BCUT2D eigenvalue weighted by Gasteiger charge is -2.17. The standard InChI is InChI=1S/C16H16FN3/c1-20(10-13-4-2-3-12(7-13)9-18)11-14-5-6-16(19)15(17)8-14/h2-8H,10-11,19H2,1H3. The van der Waals surface area contributed by atoms with E-state index < -0.39 is 0 Å². The van der Waals surface area contributed by atoms with Crippen molar-refractivity contribution in [2.45, 2.75) is 13.1 Å². The van der Waals surface area contributed by atoms with Gasteiger partial charge in [-0.1, -0.05) is 18.2 Å². The van der Waals surface area contributed by atoms with Gasteiger partial charge in [-0.15, -0.1) is 0 Å². The van der Waals surface area contributed by atoms with Gasteiger partial charge >= 0.3 is 0 Å². The molecule has 0 heterocycles. The van der Waals surface area contributed by atoms with Gasteiger partial charge in [0.15, 0.2) is 0 Å². The van der Waals surface area contributed by atoms with E-state index in [1.807, 2.05) is 31.3 Å². The zero-order chi connectivity index (χ0) is 14.5. The molecule has 0 bridgehead atoms. The van der Waals surface area contributed by atoms with Crippen LogP contribution in [0.5, 0.6) is 0 Å². The van der Waals surface area contributed by atoms with Crippen molar-refractivity contribution in [3.05, 3.63) is 65.0 Å². The molecule has 0 saturated heterocycles. The number of nitriles is 1. The third-order valence-corrected chi connectivity index (χ3v) is 3.03. The van der Waals surface area contributed by atoms with Crippen LogP contribution in [-0.2, 0) is 13.1 Å². The zero-order valence-corrected chi connectivity index (χ0v) is 11.3. The molecule has 0 aromatic heterocycles. The highest BCUT2D eigenvalue weighted by molar-refractivity contribution is 5.41. The number of anilines is 1. The normalized spacial score (nSPS) is 10.5. The van der Waals surface area contributed by atoms with E-state index in [-0.39, 0.29) is 11.5 Å². The maximum absolute atomic E-state index is 13.4. The number of nitrogens with zero attached hydrogens (tertiary/aromatic N) is 2. The Labute approximate surface area is 118 Å². The Balaban J connectivity index is 2.03. The number of benzene rings is 2. The van der Waals surface area contributed by atoms with Gasteiger partial charge in [0.05, 0.1) is 17.3 Å². The Bertz CT molecular complexity index is 646. The minimum atomic E-state index is -0.387. The smallest absolute Gasteiger partial charge is 0.146 e. The Morgan fingerprint density at radius 1 is 1.15 bits per heavy atom. The van der Waals surface area contributed by atoms with Crippen LogP contribution in [0.4, 0.5) is 10.1 Å². The molecule has 0 aliphatic carbocycles. The van der Waals surface area contributed by atoms with E-state index in [2.05, 4.69) is 11.0 Å². The van der Waals surface area contributed by atoms with Crippen molar-refractivity contribution in [2.24, 2.45) is 0 Å². The molecular formula is C16H16FN3. The lowest BCUT2D eigenvalue weighted by atomic mass is 10.1. The summed E-state index contributed by atoms with van der Waals surface area (Å²) < 4.78 is 13.4. The summed E-state index contributed by atoms with van der Waals surface area (Å²) in [5.74, 6) is -0.387. The number of hydrogen-bond donors (Lipinski definition) is 1. The summed E-state index contributed by atoms with van der Waals surface area (Å²) in [6, 6.07) is 14.5. The zero-order valence-electron chi connectivity index (χ0n) is 11.3. The maximum Gasteiger partial charge on any atom is 0.146 e. The molecular weight excluding hydrogens is 253 g/mol. The van der Waals surface area contributed by atoms with Gasteiger partial charge in [0, 0.05) is 13.1 Å². The molecule has 0 unspecified atom stereocenters. The highest BCUT2D eigenvalue weighted by Gasteiger charge is 2.05. The van der Waals surface area contributed by atoms with Crippen LogP contribution in [-0.4, -0.2) is 11.9 Å². The molecule has 3 nitrogen and oxygen atoms in total. The molecule has 0 amide bonds. The van der Waals surface area contributed by atoms with Crippen molar-refractivity contribution in [1.82, 2.24) is 4.90 Å². The van der Waals surface area contributed by atoms with Gasteiger partial charge in [0.2, 0.25) is 0 Å². The van der Waals surface area contributed by atoms with Gasteiger partial charge in [-0.2, -0.15) is 5.26 Å². The number of hydrogen-bond acceptors (Lipinski definition) is 3. The lowest BCUT2D eigenvalue weighted by Crippen LogP contribution is -2.17. The Morgan fingerprint density at radius 3 is 2.50 bits per heavy atom. The molecule has 102 valence electrons. The van der Waals surface area contributed by atoms with Crippen LogP contribution in [0.2, 0.25) is 0 Å². The van der Waals surface area contributed by atoms with E-state index in [0.717, 1.165) is 11.1 Å². The van der Waals surface area contributed by atoms with E-state index in [1.165, 1.54) is 6.07 Å². The molecule has 0 fully saturated rings. The van der Waals surface area contributed by atoms with Gasteiger partial charge in [-0.3, -0.25) is 4.90 Å². The summed E-state index contributed by atoms with van der Waals surface area (Å²) in [5, 5.41) is 8.87. The van der Waals surface area contributed by atoms with E-state index >= 15 is 0 Å². The fourth-order valence-electron chi connectivity index (χ4n) is 2.09. The quantitative estimate of drug-likeness (QED) is 0.868. The molecule has 0 radical (unpaired) electrons. The highest BCUT2D eigenvalue weighted by atomic mass is 19.1. The van der Waals surface area contributed by atoms with Gasteiger partial charge < -0.3 is 5.73 Å². The van der Waals surface area contributed by atoms with Gasteiger partial charge in [0.25, 0.3) is 0 Å². The average Bonchev–Trinajstić information content (AvgIpc) is 2.43. The van der Waals surface area contributed by atoms with Crippen LogP contribution < -0.4 is 5.73 Å². The number of nitrogen functional groups attached to an aromatic ring is 1. The second kappa shape index (κ2) is 6.18. The predicted molar refractivity (Wildman–Crippen MR) is 77.1 cm³/mol. The Hall–Kier alpha value is -2.38. The van der Waals surface area contributed by atoms with E-state index in [9.17, 15) is 4.39 Å². The first-order chi connectivity index (χ1) is 9.58. The SMILES string of the molecule is CN(Cc1cccc(C#N)c1)Cc1ccc(N)c(F)c1. The van der Waals surface area contributed by atoms with Crippen molar-refractivity contribution in [2.75, 3.05) is 12.8 Å². The molecule has 0 atom stereocenters. The largest absolute Gasteiger partial charge is 0.396 e. The molecule has 2 aromatic carbocycles. The van der Waals surface area contributed by atoms with Crippen molar-refractivity contribution in [3.8, 4) is 6.07 Å². The predicted octanol–water partition coefficient (Wildman–Crippen LogP) is 2.91. The summed E-state index contributed by atoms with van der Waals surface area (Å²) in [5.41, 5.74) is 8.20. The van der Waals surface area contributed by atoms with Crippen molar-refractivity contribution in [3.63, 3.8) is 0 Å². The van der Waals surface area contributed by atoms with Crippen molar-refractivity contribution >= 4 is 5.69 Å². The fourth-order valence-corrected chi connectivity index (χ4v) is 2.09. The third kappa shape index (κ3) is 3.56. The first-order valence-electron chi connectivity index (χ1n) is 6.30. The van der Waals surface area contributed by atoms with Crippen LogP contribution in [0.1, 0.15) is 16.7 Å². The molecule has 0 aliphatic heterocycles. The van der Waals surface area contributed by atoms with Gasteiger partial charge in [-0.25, -0.2) is 4.39 Å². The monoisotopic (exact) mass is 269 g/mol. The van der Waals surface area contributed by atoms with Gasteiger partial charge in [0.1, 0.15) is 5.82 Å². The Kier molecular flexibility index (Phi) is 4.34. The van der Waals surface area contributed by atoms with Crippen LogP contribution in [0.15, 0.2) is 42.5 Å². The molecule has 0 aliphatic rings. The number of halogens is 1. The first-order valence-corrected chi connectivity index (χ1v) is 6.30. The number of nitrogens with two attached hydrogens (primary N) is 1. The van der Waals surface area contributed by atoms with Crippen LogP contribution >= 0.6 is 0 Å². The average molecular weight is 269 g/mol. The molecule has 0 saturated carbocycles. The van der Waals surface area contributed by atoms with Crippen LogP contribution in [0, 0.1) is 17.1 Å². The van der Waals surface area contributed by atoms with Crippen LogP contribution in [0.25, 0.3) is 0 Å². The summed E-state index contributed by atoms with van der Waals surface area (Å²) in [7, 11) is 1.95. The molecule has 2 aromatic rings. The second-order valence-corrected chi connectivity index (χ2v) is 4.84. The van der Waals surface area contributed by atoms with E-state index in [4.69, 9.17) is 11.0 Å². The number of rotatable bonds is 4. The Morgan fingerprint density at radius 2 is 1.85 bits per heavy atom. The fraction of sp³-hybridized carbons (Fsp3) is 0.188. The molecule has 2 rings (SSSR count). The first kappa shape index (κ1) is 14.0. The summed E-state index contributed by atoms with van der Waals surface area (Å²) in [6.07, 6.45) is 0. The summed E-state index contributed by atoms with van der Waals surface area (Å²) >= 11 is 0.